The monoisotopic (exact) mass is 419 g/mol. The Labute approximate surface area is 170 Å². The number of aromatic nitrogens is 1. The Morgan fingerprint density at radius 3 is 2.62 bits per heavy atom. The Kier molecular flexibility index (Phi) is 5.81. The number of nitrogens with zero attached hydrogens (tertiary/aromatic N) is 1. The molecule has 0 bridgehead atoms. The second kappa shape index (κ2) is 8.00. The lowest BCUT2D eigenvalue weighted by molar-refractivity contribution is -0.117. The molecule has 0 saturated carbocycles. The predicted molar refractivity (Wildman–Crippen MR) is 109 cm³/mol. The van der Waals surface area contributed by atoms with Gasteiger partial charge in [-0.3, -0.25) is 4.79 Å². The van der Waals surface area contributed by atoms with Gasteiger partial charge in [-0.1, -0.05) is 18.2 Å². The Balaban J connectivity index is 1.83. The quantitative estimate of drug-likeness (QED) is 0.697. The van der Waals surface area contributed by atoms with Gasteiger partial charge >= 0.3 is 5.97 Å². The molecule has 1 amide bonds. The summed E-state index contributed by atoms with van der Waals surface area (Å²) < 4.78 is 33.2. The van der Waals surface area contributed by atoms with E-state index in [1.165, 1.54) is 0 Å². The van der Waals surface area contributed by atoms with E-state index in [4.69, 9.17) is 4.74 Å². The van der Waals surface area contributed by atoms with Crippen LogP contribution < -0.4 is 9.62 Å². The molecule has 2 N–H and O–H groups in total. The molecule has 1 aliphatic heterocycles. The summed E-state index contributed by atoms with van der Waals surface area (Å²) in [6, 6.07) is 7.51. The molecular formula is C20H25N3O5S. The zero-order valence-electron chi connectivity index (χ0n) is 16.9. The molecule has 0 spiro atoms. The van der Waals surface area contributed by atoms with Crippen LogP contribution in [-0.4, -0.2) is 44.5 Å². The van der Waals surface area contributed by atoms with Crippen LogP contribution in [0.5, 0.6) is 0 Å². The van der Waals surface area contributed by atoms with Gasteiger partial charge in [-0.05, 0) is 45.7 Å². The second-order valence-corrected chi connectivity index (χ2v) is 8.77. The van der Waals surface area contributed by atoms with Crippen molar-refractivity contribution < 1.29 is 22.7 Å². The van der Waals surface area contributed by atoms with Gasteiger partial charge in [-0.15, -0.1) is 0 Å². The summed E-state index contributed by atoms with van der Waals surface area (Å²) in [6.45, 7) is 6.45. The van der Waals surface area contributed by atoms with Crippen LogP contribution in [0.2, 0.25) is 0 Å². The van der Waals surface area contributed by atoms with Gasteiger partial charge in [-0.2, -0.15) is 0 Å². The molecule has 1 aromatic carbocycles. The summed E-state index contributed by atoms with van der Waals surface area (Å²) in [6.07, 6.45) is 0.720. The zero-order valence-corrected chi connectivity index (χ0v) is 17.7. The predicted octanol–water partition coefficient (Wildman–Crippen LogP) is 2.06. The third-order valence-electron chi connectivity index (χ3n) is 4.96. The number of para-hydroxylation sites is 1. The topological polar surface area (TPSA) is 109 Å². The van der Waals surface area contributed by atoms with E-state index in [0.717, 1.165) is 17.7 Å². The number of amides is 1. The van der Waals surface area contributed by atoms with Crippen LogP contribution in [0.3, 0.4) is 0 Å². The molecule has 2 aromatic rings. The lowest BCUT2D eigenvalue weighted by Crippen LogP contribution is -2.43. The zero-order chi connectivity index (χ0) is 21.3. The molecule has 0 fully saturated rings. The molecule has 1 aromatic heterocycles. The number of fused-ring (bicyclic) bond motifs is 1. The summed E-state index contributed by atoms with van der Waals surface area (Å²) in [5.74, 6) is -1.07. The van der Waals surface area contributed by atoms with E-state index in [2.05, 4.69) is 9.71 Å². The Morgan fingerprint density at radius 2 is 1.93 bits per heavy atom. The highest BCUT2D eigenvalue weighted by Crippen LogP contribution is 2.32. The number of aryl methyl sites for hydroxylation is 2. The highest BCUT2D eigenvalue weighted by Gasteiger charge is 2.33. The molecule has 29 heavy (non-hydrogen) atoms. The fourth-order valence-electron chi connectivity index (χ4n) is 3.80. The lowest BCUT2D eigenvalue weighted by atomic mass is 10.1. The minimum atomic E-state index is -4.11. The number of sulfonamides is 1. The number of ether oxygens (including phenoxy) is 1. The van der Waals surface area contributed by atoms with Gasteiger partial charge in [0.1, 0.15) is 10.5 Å². The highest BCUT2D eigenvalue weighted by molar-refractivity contribution is 7.89. The van der Waals surface area contributed by atoms with Crippen LogP contribution in [0.1, 0.15) is 41.2 Å². The van der Waals surface area contributed by atoms with Gasteiger partial charge in [0, 0.05) is 23.1 Å². The fraction of sp³-hybridized carbons (Fsp3) is 0.400. The second-order valence-electron chi connectivity index (χ2n) is 7.07. The van der Waals surface area contributed by atoms with E-state index in [9.17, 15) is 18.0 Å². The maximum Gasteiger partial charge on any atom is 0.341 e. The number of hydrogen-bond acceptors (Lipinski definition) is 5. The molecule has 8 nitrogen and oxygen atoms in total. The number of hydrogen-bond donors (Lipinski definition) is 2. The molecule has 3 rings (SSSR count). The Hall–Kier alpha value is -2.65. The molecule has 156 valence electrons. The average molecular weight is 420 g/mol. The third kappa shape index (κ3) is 3.92. The number of rotatable bonds is 6. The van der Waals surface area contributed by atoms with Crippen LogP contribution >= 0.6 is 0 Å². The fourth-order valence-corrected chi connectivity index (χ4v) is 5.22. The standard InChI is InChI=1S/C20H25N3O5S/c1-5-28-20(25)18-13(3)22-14(4)19(18)29(26,27)21-11-17(24)23-12(2)10-15-8-6-7-9-16(15)23/h6-9,12,21-22H,5,10-11H2,1-4H3/t12-/m1/s1. The smallest absolute Gasteiger partial charge is 0.341 e. The van der Waals surface area contributed by atoms with Crippen molar-refractivity contribution in [1.82, 2.24) is 9.71 Å². The number of esters is 1. The first-order valence-corrected chi connectivity index (χ1v) is 10.9. The first-order chi connectivity index (χ1) is 13.7. The lowest BCUT2D eigenvalue weighted by Gasteiger charge is -2.23. The van der Waals surface area contributed by atoms with Crippen molar-refractivity contribution in [2.24, 2.45) is 0 Å². The Morgan fingerprint density at radius 1 is 1.24 bits per heavy atom. The van der Waals surface area contributed by atoms with Gasteiger partial charge in [0.25, 0.3) is 0 Å². The van der Waals surface area contributed by atoms with E-state index in [1.807, 2.05) is 31.2 Å². The summed E-state index contributed by atoms with van der Waals surface area (Å²) in [7, 11) is -4.11. The number of carbonyl (C=O) groups is 2. The molecule has 0 saturated heterocycles. The Bertz CT molecular complexity index is 1060. The maximum absolute atomic E-state index is 12.9. The molecule has 1 atom stereocenters. The minimum absolute atomic E-state index is 0.0378. The van der Waals surface area contributed by atoms with Crippen molar-refractivity contribution >= 4 is 27.6 Å². The summed E-state index contributed by atoms with van der Waals surface area (Å²) in [5, 5.41) is 0. The van der Waals surface area contributed by atoms with Crippen molar-refractivity contribution in [2.75, 3.05) is 18.1 Å². The number of H-pyrrole nitrogens is 1. The van der Waals surface area contributed by atoms with Crippen LogP contribution in [0.15, 0.2) is 29.2 Å². The molecule has 0 unspecified atom stereocenters. The van der Waals surface area contributed by atoms with E-state index in [-0.39, 0.29) is 29.0 Å². The van der Waals surface area contributed by atoms with Crippen molar-refractivity contribution in [3.05, 3.63) is 46.8 Å². The number of carbonyl (C=O) groups excluding carboxylic acids is 2. The number of anilines is 1. The van der Waals surface area contributed by atoms with E-state index < -0.39 is 22.5 Å². The largest absolute Gasteiger partial charge is 0.462 e. The average Bonchev–Trinajstić information content (AvgIpc) is 3.15. The summed E-state index contributed by atoms with van der Waals surface area (Å²) >= 11 is 0. The SMILES string of the molecule is CCOC(=O)c1c(C)[nH]c(C)c1S(=O)(=O)NCC(=O)N1c2ccccc2C[C@H]1C. The molecule has 0 aliphatic carbocycles. The van der Waals surface area contributed by atoms with Gasteiger partial charge in [0.15, 0.2) is 0 Å². The van der Waals surface area contributed by atoms with Crippen molar-refractivity contribution in [1.29, 1.82) is 0 Å². The number of aromatic amines is 1. The van der Waals surface area contributed by atoms with Crippen molar-refractivity contribution in [3.63, 3.8) is 0 Å². The summed E-state index contributed by atoms with van der Waals surface area (Å²) in [4.78, 5) is 29.4. The minimum Gasteiger partial charge on any atom is -0.462 e. The van der Waals surface area contributed by atoms with Gasteiger partial charge in [0.05, 0.1) is 13.2 Å². The van der Waals surface area contributed by atoms with Crippen molar-refractivity contribution in [2.45, 2.75) is 45.1 Å². The van der Waals surface area contributed by atoms with Crippen molar-refractivity contribution in [3.8, 4) is 0 Å². The maximum atomic E-state index is 12.9. The number of nitrogens with one attached hydrogen (secondary N) is 2. The van der Waals surface area contributed by atoms with Crippen LogP contribution in [0.4, 0.5) is 5.69 Å². The number of benzene rings is 1. The molecular weight excluding hydrogens is 394 g/mol. The molecule has 1 aliphatic rings. The van der Waals surface area contributed by atoms with E-state index >= 15 is 0 Å². The molecule has 0 radical (unpaired) electrons. The summed E-state index contributed by atoms with van der Waals surface area (Å²) in [5.41, 5.74) is 2.52. The normalized spacial score (nSPS) is 16.0. The van der Waals surface area contributed by atoms with Gasteiger partial charge in [-0.25, -0.2) is 17.9 Å². The van der Waals surface area contributed by atoms with Crippen LogP contribution in [0, 0.1) is 13.8 Å². The third-order valence-corrected chi connectivity index (χ3v) is 6.53. The van der Waals surface area contributed by atoms with E-state index in [0.29, 0.717) is 11.4 Å². The van der Waals surface area contributed by atoms with Gasteiger partial charge < -0.3 is 14.6 Å². The van der Waals surface area contributed by atoms with Gasteiger partial charge in [0.2, 0.25) is 15.9 Å². The van der Waals surface area contributed by atoms with Crippen LogP contribution in [0.25, 0.3) is 0 Å². The van der Waals surface area contributed by atoms with E-state index in [1.54, 1.807) is 25.7 Å². The molecule has 2 heterocycles. The van der Waals surface area contributed by atoms with Crippen LogP contribution in [-0.2, 0) is 26.0 Å². The first-order valence-electron chi connectivity index (χ1n) is 9.43. The highest BCUT2D eigenvalue weighted by atomic mass is 32.2. The first kappa shape index (κ1) is 21.1. The molecule has 9 heteroatoms.